The average molecular weight is 273 g/mol. The first kappa shape index (κ1) is 14.1. The van der Waals surface area contributed by atoms with E-state index < -0.39 is 0 Å². The molecule has 110 valence electrons. The number of hydrogen-bond donors (Lipinski definition) is 1. The number of nitrogens with one attached hydrogen (secondary N) is 1. The second-order valence-electron chi connectivity index (χ2n) is 6.71. The van der Waals surface area contributed by atoms with Gasteiger partial charge in [0.15, 0.2) is 0 Å². The summed E-state index contributed by atoms with van der Waals surface area (Å²) in [6.07, 6.45) is 8.22. The highest BCUT2D eigenvalue weighted by Crippen LogP contribution is 2.43. The highest BCUT2D eigenvalue weighted by atomic mass is 16.5. The molecule has 1 spiro atoms. The molecule has 20 heavy (non-hydrogen) atoms. The molecule has 1 aromatic rings. The summed E-state index contributed by atoms with van der Waals surface area (Å²) >= 11 is 0. The fraction of sp³-hybridized carbons (Fsp3) is 0.667. The van der Waals surface area contributed by atoms with Crippen molar-refractivity contribution in [1.82, 2.24) is 5.32 Å². The number of hydrogen-bond acceptors (Lipinski definition) is 2. The molecule has 1 heterocycles. The summed E-state index contributed by atoms with van der Waals surface area (Å²) < 4.78 is 6.36. The molecular formula is C18H27NO. The summed E-state index contributed by atoms with van der Waals surface area (Å²) in [7, 11) is 0. The fourth-order valence-electron chi connectivity index (χ4n) is 3.79. The van der Waals surface area contributed by atoms with Gasteiger partial charge < -0.3 is 10.1 Å². The van der Waals surface area contributed by atoms with E-state index >= 15 is 0 Å². The van der Waals surface area contributed by atoms with Gasteiger partial charge in [-0.05, 0) is 45.1 Å². The Balaban J connectivity index is 1.50. The topological polar surface area (TPSA) is 21.3 Å². The van der Waals surface area contributed by atoms with E-state index in [-0.39, 0.29) is 5.60 Å². The van der Waals surface area contributed by atoms with Crippen molar-refractivity contribution >= 4 is 0 Å². The summed E-state index contributed by atoms with van der Waals surface area (Å²) in [6.45, 7) is 5.38. The van der Waals surface area contributed by atoms with Crippen LogP contribution >= 0.6 is 0 Å². The predicted octanol–water partition coefficient (Wildman–Crippen LogP) is 4.14. The molecule has 2 atom stereocenters. The third-order valence-electron chi connectivity index (χ3n) is 5.05. The normalized spacial score (nSPS) is 26.2. The SMILES string of the molecule is Cc1cccc([C@@H](C)NCC2CCC3(CCCC3)O2)c1. The van der Waals surface area contributed by atoms with E-state index in [1.54, 1.807) is 0 Å². The van der Waals surface area contributed by atoms with E-state index in [9.17, 15) is 0 Å². The molecule has 0 amide bonds. The lowest BCUT2D eigenvalue weighted by Gasteiger charge is -2.24. The minimum absolute atomic E-state index is 0.263. The van der Waals surface area contributed by atoms with Gasteiger partial charge in [-0.2, -0.15) is 0 Å². The lowest BCUT2D eigenvalue weighted by molar-refractivity contribution is -0.0357. The van der Waals surface area contributed by atoms with E-state index in [0.29, 0.717) is 12.1 Å². The van der Waals surface area contributed by atoms with Crippen molar-refractivity contribution in [2.75, 3.05) is 6.54 Å². The van der Waals surface area contributed by atoms with Crippen molar-refractivity contribution in [2.24, 2.45) is 0 Å². The Morgan fingerprint density at radius 2 is 2.10 bits per heavy atom. The van der Waals surface area contributed by atoms with Crippen LogP contribution in [0.3, 0.4) is 0 Å². The summed E-state index contributed by atoms with van der Waals surface area (Å²) in [4.78, 5) is 0. The smallest absolute Gasteiger partial charge is 0.0708 e. The summed E-state index contributed by atoms with van der Waals surface area (Å²) in [5, 5.41) is 3.65. The molecule has 0 bridgehead atoms. The van der Waals surface area contributed by atoms with Gasteiger partial charge in [0.25, 0.3) is 0 Å². The van der Waals surface area contributed by atoms with Crippen LogP contribution in [0.25, 0.3) is 0 Å². The van der Waals surface area contributed by atoms with Crippen LogP contribution in [0.15, 0.2) is 24.3 Å². The van der Waals surface area contributed by atoms with E-state index in [0.717, 1.165) is 6.54 Å². The van der Waals surface area contributed by atoms with Gasteiger partial charge in [-0.15, -0.1) is 0 Å². The lowest BCUT2D eigenvalue weighted by Crippen LogP contribution is -2.32. The van der Waals surface area contributed by atoms with Crippen molar-refractivity contribution in [3.05, 3.63) is 35.4 Å². The van der Waals surface area contributed by atoms with E-state index in [1.807, 2.05) is 0 Å². The number of ether oxygens (including phenoxy) is 1. The van der Waals surface area contributed by atoms with Crippen LogP contribution in [0.5, 0.6) is 0 Å². The zero-order valence-electron chi connectivity index (χ0n) is 12.8. The predicted molar refractivity (Wildman–Crippen MR) is 82.9 cm³/mol. The molecule has 0 radical (unpaired) electrons. The molecule has 1 aromatic carbocycles. The van der Waals surface area contributed by atoms with Gasteiger partial charge in [0.1, 0.15) is 0 Å². The van der Waals surface area contributed by atoms with Crippen molar-refractivity contribution < 1.29 is 4.74 Å². The maximum absolute atomic E-state index is 6.36. The van der Waals surface area contributed by atoms with Crippen molar-refractivity contribution in [3.63, 3.8) is 0 Å². The Morgan fingerprint density at radius 1 is 1.30 bits per heavy atom. The molecule has 1 aliphatic heterocycles. The van der Waals surface area contributed by atoms with Gasteiger partial charge in [-0.1, -0.05) is 42.7 Å². The van der Waals surface area contributed by atoms with Crippen LogP contribution in [0.1, 0.15) is 62.6 Å². The molecule has 1 saturated carbocycles. The second kappa shape index (κ2) is 5.87. The second-order valence-corrected chi connectivity index (χ2v) is 6.71. The molecule has 1 aliphatic carbocycles. The van der Waals surface area contributed by atoms with Crippen LogP contribution in [0.4, 0.5) is 0 Å². The maximum Gasteiger partial charge on any atom is 0.0708 e. The van der Waals surface area contributed by atoms with Gasteiger partial charge in [-0.3, -0.25) is 0 Å². The van der Waals surface area contributed by atoms with E-state index in [1.165, 1.54) is 49.7 Å². The highest BCUT2D eigenvalue weighted by Gasteiger charge is 2.41. The highest BCUT2D eigenvalue weighted by molar-refractivity contribution is 5.24. The lowest BCUT2D eigenvalue weighted by atomic mass is 9.98. The van der Waals surface area contributed by atoms with Crippen LogP contribution in [0, 0.1) is 6.92 Å². The zero-order valence-corrected chi connectivity index (χ0v) is 12.8. The third-order valence-corrected chi connectivity index (χ3v) is 5.05. The molecule has 1 unspecified atom stereocenters. The fourth-order valence-corrected chi connectivity index (χ4v) is 3.79. The number of benzene rings is 1. The van der Waals surface area contributed by atoms with Crippen molar-refractivity contribution in [1.29, 1.82) is 0 Å². The molecule has 2 fully saturated rings. The van der Waals surface area contributed by atoms with Crippen LogP contribution < -0.4 is 5.32 Å². The molecule has 2 aliphatic rings. The molecule has 0 aromatic heterocycles. The molecule has 2 nitrogen and oxygen atoms in total. The zero-order chi connectivity index (χ0) is 14.0. The Labute approximate surface area is 122 Å². The van der Waals surface area contributed by atoms with E-state index in [2.05, 4.69) is 43.4 Å². The Kier molecular flexibility index (Phi) is 4.13. The summed E-state index contributed by atoms with van der Waals surface area (Å²) in [6, 6.07) is 9.17. The standard InChI is InChI=1S/C18H27NO/c1-14-6-5-7-16(12-14)15(2)19-13-17-8-11-18(20-17)9-3-4-10-18/h5-7,12,15,17,19H,3-4,8-11,13H2,1-2H3/t15-,17?/m1/s1. The molecule has 2 heteroatoms. The van der Waals surface area contributed by atoms with E-state index in [4.69, 9.17) is 4.74 Å². The van der Waals surface area contributed by atoms with Gasteiger partial charge in [0, 0.05) is 12.6 Å². The monoisotopic (exact) mass is 273 g/mol. The number of rotatable bonds is 4. The first-order chi connectivity index (χ1) is 9.67. The number of aryl methyl sites for hydroxylation is 1. The van der Waals surface area contributed by atoms with Crippen molar-refractivity contribution in [3.8, 4) is 0 Å². The quantitative estimate of drug-likeness (QED) is 0.890. The maximum atomic E-state index is 6.36. The van der Waals surface area contributed by atoms with Gasteiger partial charge >= 0.3 is 0 Å². The Hall–Kier alpha value is -0.860. The minimum Gasteiger partial charge on any atom is -0.370 e. The summed E-state index contributed by atoms with van der Waals surface area (Å²) in [5.74, 6) is 0. The molecular weight excluding hydrogens is 246 g/mol. The van der Waals surface area contributed by atoms with Crippen molar-refractivity contribution in [2.45, 2.75) is 70.1 Å². The van der Waals surface area contributed by atoms with Gasteiger partial charge in [0.05, 0.1) is 11.7 Å². The Morgan fingerprint density at radius 3 is 2.85 bits per heavy atom. The summed E-state index contributed by atoms with van der Waals surface area (Å²) in [5.41, 5.74) is 2.97. The largest absolute Gasteiger partial charge is 0.370 e. The van der Waals surface area contributed by atoms with Crippen LogP contribution in [0.2, 0.25) is 0 Å². The van der Waals surface area contributed by atoms with Crippen LogP contribution in [-0.4, -0.2) is 18.2 Å². The first-order valence-electron chi connectivity index (χ1n) is 8.15. The van der Waals surface area contributed by atoms with Gasteiger partial charge in [-0.25, -0.2) is 0 Å². The van der Waals surface area contributed by atoms with Gasteiger partial charge in [0.2, 0.25) is 0 Å². The Bertz CT molecular complexity index is 450. The molecule has 3 rings (SSSR count). The third kappa shape index (κ3) is 3.07. The minimum atomic E-state index is 0.263. The molecule has 1 saturated heterocycles. The first-order valence-corrected chi connectivity index (χ1v) is 8.15. The average Bonchev–Trinajstić information content (AvgIpc) is 3.07. The van der Waals surface area contributed by atoms with Crippen LogP contribution in [-0.2, 0) is 4.74 Å². The molecule has 1 N–H and O–H groups in total.